The molecule has 0 bridgehead atoms. The van der Waals surface area contributed by atoms with Gasteiger partial charge in [-0.1, -0.05) is 51.0 Å². The fourth-order valence-electron chi connectivity index (χ4n) is 5.64. The van der Waals surface area contributed by atoms with Gasteiger partial charge in [-0.25, -0.2) is 20.2 Å². The zero-order chi connectivity index (χ0) is 32.2. The van der Waals surface area contributed by atoms with Crippen molar-refractivity contribution in [2.75, 3.05) is 0 Å². The van der Waals surface area contributed by atoms with E-state index in [1.165, 1.54) is 61.6 Å². The van der Waals surface area contributed by atoms with Crippen LogP contribution in [0.1, 0.15) is 60.4 Å². The maximum atomic E-state index is 9.31. The summed E-state index contributed by atoms with van der Waals surface area (Å²) in [6.45, 7) is 19.0. The van der Waals surface area contributed by atoms with Crippen LogP contribution >= 0.6 is 45.3 Å². The van der Waals surface area contributed by atoms with Crippen LogP contribution in [0, 0.1) is 35.8 Å². The molecule has 8 heteroatoms. The Morgan fingerprint density at radius 1 is 0.674 bits per heavy atom. The molecule has 0 N–H and O–H groups in total. The smallest absolute Gasteiger partial charge is 0.227 e. The lowest BCUT2D eigenvalue weighted by Gasteiger charge is -2.01. The molecular weight excluding hydrogens is 641 g/mol. The molecule has 0 saturated carbocycles. The fraction of sp³-hybridized carbons (Fsp3) is 0.211. The van der Waals surface area contributed by atoms with Gasteiger partial charge in [0.2, 0.25) is 0 Å². The molecule has 0 aliphatic heterocycles. The quantitative estimate of drug-likeness (QED) is 0.108. The van der Waals surface area contributed by atoms with Crippen LogP contribution in [0.25, 0.3) is 72.3 Å². The van der Waals surface area contributed by atoms with Crippen molar-refractivity contribution in [1.82, 2.24) is 0 Å². The van der Waals surface area contributed by atoms with Crippen LogP contribution in [-0.4, -0.2) is 0 Å². The average molecular weight is 669 g/mol. The van der Waals surface area contributed by atoms with E-state index in [4.69, 9.17) is 13.1 Å². The van der Waals surface area contributed by atoms with E-state index in [0.717, 1.165) is 48.3 Å². The van der Waals surface area contributed by atoms with Crippen LogP contribution in [0.4, 0.5) is 0 Å². The number of allylic oxidation sites excluding steroid dienone is 2. The minimum atomic E-state index is 0.111. The number of thiophene rings is 4. The summed E-state index contributed by atoms with van der Waals surface area (Å²) in [5.74, 6) is 0. The van der Waals surface area contributed by atoms with Crippen LogP contribution in [0.15, 0.2) is 59.9 Å². The number of hydrogen-bond donors (Lipinski definition) is 0. The number of rotatable bonds is 10. The molecule has 4 heterocycles. The second-order valence-corrected chi connectivity index (χ2v) is 15.3. The maximum Gasteiger partial charge on any atom is 0.263 e. The highest BCUT2D eigenvalue weighted by atomic mass is 32.1. The van der Waals surface area contributed by atoms with Crippen LogP contribution in [0.2, 0.25) is 0 Å². The molecule has 0 spiro atoms. The first-order valence-electron chi connectivity index (χ1n) is 15.1. The third kappa shape index (κ3) is 6.15. The first-order valence-corrected chi connectivity index (χ1v) is 18.4. The van der Waals surface area contributed by atoms with Crippen LogP contribution in [0.3, 0.4) is 0 Å². The first kappa shape index (κ1) is 31.4. The minimum Gasteiger partial charge on any atom is -0.227 e. The monoisotopic (exact) mass is 668 g/mol. The van der Waals surface area contributed by atoms with Gasteiger partial charge in [-0.2, -0.15) is 0 Å². The van der Waals surface area contributed by atoms with Gasteiger partial charge in [0.05, 0.1) is 25.3 Å². The Bertz CT molecular complexity index is 2150. The molecule has 4 nitrogen and oxygen atoms in total. The number of unbranched alkanes of at least 4 members (excludes halogenated alkanes) is 2. The van der Waals surface area contributed by atoms with E-state index in [9.17, 15) is 10.5 Å². The normalized spacial score (nSPS) is 12.0. The summed E-state index contributed by atoms with van der Waals surface area (Å²) >= 11 is 6.98. The lowest BCUT2D eigenvalue weighted by molar-refractivity contribution is 0.798. The number of fused-ring (bicyclic) bond motifs is 5. The largest absolute Gasteiger partial charge is 0.263 e. The predicted octanol–water partition coefficient (Wildman–Crippen LogP) is 13.0. The zero-order valence-corrected chi connectivity index (χ0v) is 28.7. The van der Waals surface area contributed by atoms with Gasteiger partial charge in [-0.05, 0) is 84.0 Å². The molecule has 0 aliphatic rings. The topological polar surface area (TPSA) is 56.3 Å². The number of nitriles is 2. The lowest BCUT2D eigenvalue weighted by Crippen LogP contribution is -1.83. The van der Waals surface area contributed by atoms with E-state index in [0.29, 0.717) is 0 Å². The highest BCUT2D eigenvalue weighted by Crippen LogP contribution is 2.47. The van der Waals surface area contributed by atoms with Gasteiger partial charge in [-0.3, -0.25) is 0 Å². The SMILES string of the molecule is [C-]#[N+]/C(C#N)=C\c1cc(CCCC)c(-c2cc3ccc4c(ccc5cc(-c6sc(/C=C(\C#N)[N+]#[C-])cc6CCCC)sc54)c3s2)s1. The van der Waals surface area contributed by atoms with E-state index in [1.54, 1.807) is 34.8 Å². The number of benzene rings is 2. The molecule has 4 aromatic heterocycles. The van der Waals surface area contributed by atoms with E-state index < -0.39 is 0 Å². The Morgan fingerprint density at radius 3 is 1.48 bits per heavy atom. The summed E-state index contributed by atoms with van der Waals surface area (Å²) in [5.41, 5.74) is 2.78. The van der Waals surface area contributed by atoms with Gasteiger partial charge >= 0.3 is 0 Å². The van der Waals surface area contributed by atoms with Gasteiger partial charge in [0.1, 0.15) is 0 Å². The molecule has 0 saturated heterocycles. The molecule has 0 aliphatic carbocycles. The Balaban J connectivity index is 1.45. The van der Waals surface area contributed by atoms with Crippen molar-refractivity contribution in [3.8, 4) is 31.6 Å². The molecule has 0 atom stereocenters. The van der Waals surface area contributed by atoms with Crippen LogP contribution < -0.4 is 0 Å². The van der Waals surface area contributed by atoms with Crippen molar-refractivity contribution in [3.63, 3.8) is 0 Å². The molecular formula is C38H28N4S4. The molecule has 6 aromatic rings. The zero-order valence-electron chi connectivity index (χ0n) is 25.4. The Kier molecular flexibility index (Phi) is 9.46. The molecule has 0 radical (unpaired) electrons. The van der Waals surface area contributed by atoms with Crippen molar-refractivity contribution in [2.24, 2.45) is 0 Å². The van der Waals surface area contributed by atoms with E-state index >= 15 is 0 Å². The summed E-state index contributed by atoms with van der Waals surface area (Å²) in [5, 5.41) is 23.6. The van der Waals surface area contributed by atoms with Crippen molar-refractivity contribution >= 4 is 88.4 Å². The molecule has 0 unspecified atom stereocenters. The Labute approximate surface area is 285 Å². The van der Waals surface area contributed by atoms with Gasteiger partial charge in [0.15, 0.2) is 0 Å². The highest BCUT2D eigenvalue weighted by molar-refractivity contribution is 7.28. The Hall–Kier alpha value is -4.54. The predicted molar refractivity (Wildman–Crippen MR) is 199 cm³/mol. The highest BCUT2D eigenvalue weighted by Gasteiger charge is 2.18. The number of nitrogens with zero attached hydrogens (tertiary/aromatic N) is 4. The molecule has 6 rings (SSSR count). The van der Waals surface area contributed by atoms with Gasteiger partial charge in [0, 0.05) is 49.4 Å². The van der Waals surface area contributed by atoms with E-state index in [-0.39, 0.29) is 11.4 Å². The number of hydrogen-bond acceptors (Lipinski definition) is 6. The van der Waals surface area contributed by atoms with Crippen LogP contribution in [-0.2, 0) is 12.8 Å². The van der Waals surface area contributed by atoms with Gasteiger partial charge in [-0.15, -0.1) is 45.3 Å². The van der Waals surface area contributed by atoms with Gasteiger partial charge in [0.25, 0.3) is 11.4 Å². The molecule has 2 aromatic carbocycles. The second kappa shape index (κ2) is 13.8. The number of aryl methyl sites for hydroxylation is 2. The first-order chi connectivity index (χ1) is 22.5. The summed E-state index contributed by atoms with van der Waals surface area (Å²) in [4.78, 5) is 13.5. The minimum absolute atomic E-state index is 0.111. The summed E-state index contributed by atoms with van der Waals surface area (Å²) < 4.78 is 2.54. The van der Waals surface area contributed by atoms with Crippen molar-refractivity contribution < 1.29 is 0 Å². The average Bonchev–Trinajstić information content (AvgIpc) is 3.87. The van der Waals surface area contributed by atoms with Crippen molar-refractivity contribution in [2.45, 2.75) is 52.4 Å². The molecule has 0 amide bonds. The van der Waals surface area contributed by atoms with Gasteiger partial charge < -0.3 is 0 Å². The van der Waals surface area contributed by atoms with Crippen molar-refractivity contribution in [3.05, 3.63) is 104 Å². The standard InChI is InChI=1S/C38H28N4S4/c1-5-7-9-23-15-29(19-27(21-39)41-3)43-37(23)33-17-25-11-13-32-31(35(25)45-33)14-12-26-18-34(46-36(26)32)38-24(10-8-6-2)16-30(44-38)20-28(22-40)42-4/h11-20H,5-10H2,1-2H3/b27-19-,28-20+. The molecule has 224 valence electrons. The summed E-state index contributed by atoms with van der Waals surface area (Å²) in [7, 11) is 0. The fourth-order valence-corrected chi connectivity index (χ4v) is 10.6. The molecule has 46 heavy (non-hydrogen) atoms. The summed E-state index contributed by atoms with van der Waals surface area (Å²) in [6, 6.07) is 21.9. The van der Waals surface area contributed by atoms with Crippen molar-refractivity contribution in [1.29, 1.82) is 10.5 Å². The Morgan fingerprint density at radius 2 is 1.11 bits per heavy atom. The van der Waals surface area contributed by atoms with E-state index in [1.807, 2.05) is 34.8 Å². The lowest BCUT2D eigenvalue weighted by atomic mass is 10.0. The summed E-state index contributed by atoms with van der Waals surface area (Å²) in [6.07, 6.45) is 9.75. The van der Waals surface area contributed by atoms with E-state index in [2.05, 4.69) is 72.1 Å². The molecule has 0 fully saturated rings. The second-order valence-electron chi connectivity index (χ2n) is 11.0. The van der Waals surface area contributed by atoms with Crippen LogP contribution in [0.5, 0.6) is 0 Å². The third-order valence-corrected chi connectivity index (χ3v) is 12.9. The third-order valence-electron chi connectivity index (χ3n) is 7.89. The maximum absolute atomic E-state index is 9.31.